The largest absolute Gasteiger partial charge is 1.00 e. The van der Waals surface area contributed by atoms with Crippen LogP contribution in [0.5, 0.6) is 0 Å². The molecule has 0 saturated heterocycles. The highest BCUT2D eigenvalue weighted by Crippen LogP contribution is 1.93. The van der Waals surface area contributed by atoms with Gasteiger partial charge >= 0.3 is 0 Å². The van der Waals surface area contributed by atoms with E-state index in [1.54, 1.807) is 4.80 Å². The van der Waals surface area contributed by atoms with Gasteiger partial charge in [0.1, 0.15) is 0 Å². The Bertz CT molecular complexity index is 318. The molecule has 1 aromatic carbocycles. The summed E-state index contributed by atoms with van der Waals surface area (Å²) in [4.78, 5) is 1.60. The van der Waals surface area contributed by atoms with E-state index < -0.39 is 0 Å². The Labute approximate surface area is 75.6 Å². The van der Waals surface area contributed by atoms with Crippen LogP contribution in [0.4, 0.5) is 0 Å². The molecule has 1 aromatic heterocycles. The van der Waals surface area contributed by atoms with Gasteiger partial charge in [-0.3, -0.25) is 0 Å². The number of para-hydroxylation sites is 1. The number of nitrogens with zero attached hydrogens (tertiary/aromatic N) is 3. The average molecular weight is 183 g/mol. The van der Waals surface area contributed by atoms with Gasteiger partial charge in [0.2, 0.25) is 0 Å². The smallest absolute Gasteiger partial charge is 0.269 e. The Kier molecular flexibility index (Phi) is 2.76. The lowest BCUT2D eigenvalue weighted by molar-refractivity contribution is -0.716. The van der Waals surface area contributed by atoms with Gasteiger partial charge < -0.3 is 12.4 Å². The van der Waals surface area contributed by atoms with E-state index in [0.717, 1.165) is 5.69 Å². The molecule has 12 heavy (non-hydrogen) atoms. The molecule has 0 spiro atoms. The first-order chi connectivity index (χ1) is 5.47. The van der Waals surface area contributed by atoms with Crippen molar-refractivity contribution in [3.05, 3.63) is 36.7 Å². The molecule has 0 fully saturated rings. The first kappa shape index (κ1) is 8.67. The number of hydrogen-bond acceptors (Lipinski definition) is 2. The predicted molar refractivity (Wildman–Crippen MR) is 37.9 cm³/mol. The summed E-state index contributed by atoms with van der Waals surface area (Å²) in [6.07, 6.45) is 1.53. The molecule has 0 radical (unpaired) electrons. The fraction of sp³-hybridized carbons (Fsp3) is 0. The van der Waals surface area contributed by atoms with E-state index >= 15 is 0 Å². The van der Waals surface area contributed by atoms with Crippen molar-refractivity contribution in [2.24, 2.45) is 0 Å². The molecule has 62 valence electrons. The third kappa shape index (κ3) is 1.60. The summed E-state index contributed by atoms with van der Waals surface area (Å²) in [6.45, 7) is 0. The van der Waals surface area contributed by atoms with Crippen molar-refractivity contribution in [2.45, 2.75) is 0 Å². The number of rotatable bonds is 1. The Hall–Kier alpha value is -1.42. The molecule has 0 aliphatic heterocycles. The Morgan fingerprint density at radius 1 is 1.17 bits per heavy atom. The Morgan fingerprint density at radius 2 is 1.92 bits per heavy atom. The zero-order valence-corrected chi connectivity index (χ0v) is 6.94. The highest BCUT2D eigenvalue weighted by atomic mass is 35.5. The summed E-state index contributed by atoms with van der Waals surface area (Å²) in [5, 5.41) is 10.3. The van der Waals surface area contributed by atoms with Crippen LogP contribution < -0.4 is 17.2 Å². The number of aromatic nitrogens is 4. The molecular weight excluding hydrogens is 176 g/mol. The quantitative estimate of drug-likeness (QED) is 0.481. The van der Waals surface area contributed by atoms with Gasteiger partial charge in [-0.15, -0.1) is 0 Å². The van der Waals surface area contributed by atoms with Gasteiger partial charge in [0.25, 0.3) is 6.33 Å². The minimum absolute atomic E-state index is 0. The van der Waals surface area contributed by atoms with Crippen molar-refractivity contribution in [2.75, 3.05) is 0 Å². The summed E-state index contributed by atoms with van der Waals surface area (Å²) in [5.74, 6) is 0. The van der Waals surface area contributed by atoms with Crippen molar-refractivity contribution in [3.8, 4) is 5.69 Å². The van der Waals surface area contributed by atoms with E-state index in [9.17, 15) is 0 Å². The summed E-state index contributed by atoms with van der Waals surface area (Å²) in [7, 11) is 0. The maximum absolute atomic E-state index is 3.80. The maximum atomic E-state index is 3.80. The highest BCUT2D eigenvalue weighted by Gasteiger charge is 2.01. The number of H-pyrrole nitrogens is 1. The third-order valence-corrected chi connectivity index (χ3v) is 1.38. The molecule has 2 aromatic rings. The molecule has 0 aliphatic carbocycles. The lowest BCUT2D eigenvalue weighted by Gasteiger charge is -1.87. The van der Waals surface area contributed by atoms with Gasteiger partial charge in [0.15, 0.2) is 10.9 Å². The SMILES string of the molecule is [Cl-].c1ccc(-[n+]2nnc[nH]2)cc1. The lowest BCUT2D eigenvalue weighted by atomic mass is 10.3. The van der Waals surface area contributed by atoms with Gasteiger partial charge in [-0.05, 0) is 16.9 Å². The van der Waals surface area contributed by atoms with Crippen LogP contribution in [0.3, 0.4) is 0 Å². The Morgan fingerprint density at radius 3 is 2.50 bits per heavy atom. The zero-order valence-electron chi connectivity index (χ0n) is 6.18. The van der Waals surface area contributed by atoms with Crippen LogP contribution in [0.25, 0.3) is 5.69 Å². The molecule has 2 rings (SSSR count). The van der Waals surface area contributed by atoms with Crippen molar-refractivity contribution < 1.29 is 17.2 Å². The van der Waals surface area contributed by atoms with E-state index in [1.165, 1.54) is 6.33 Å². The second-order valence-electron chi connectivity index (χ2n) is 2.11. The highest BCUT2D eigenvalue weighted by molar-refractivity contribution is 5.19. The van der Waals surface area contributed by atoms with Gasteiger partial charge in [0, 0.05) is 0 Å². The van der Waals surface area contributed by atoms with Crippen molar-refractivity contribution in [1.29, 1.82) is 0 Å². The third-order valence-electron chi connectivity index (χ3n) is 1.38. The molecular formula is C7H7ClN4. The van der Waals surface area contributed by atoms with Crippen LogP contribution in [0.15, 0.2) is 36.7 Å². The van der Waals surface area contributed by atoms with Crippen molar-refractivity contribution >= 4 is 0 Å². The van der Waals surface area contributed by atoms with E-state index in [2.05, 4.69) is 15.4 Å². The molecule has 1 N–H and O–H groups in total. The summed E-state index contributed by atoms with van der Waals surface area (Å²) in [5.41, 5.74) is 0.977. The molecule has 0 saturated carbocycles. The van der Waals surface area contributed by atoms with Crippen LogP contribution in [0.2, 0.25) is 0 Å². The zero-order chi connectivity index (χ0) is 7.52. The monoisotopic (exact) mass is 182 g/mol. The van der Waals surface area contributed by atoms with Crippen LogP contribution in [0.1, 0.15) is 0 Å². The van der Waals surface area contributed by atoms with Gasteiger partial charge in [-0.1, -0.05) is 18.2 Å². The van der Waals surface area contributed by atoms with Crippen LogP contribution in [-0.4, -0.2) is 15.4 Å². The van der Waals surface area contributed by atoms with Crippen molar-refractivity contribution in [1.82, 2.24) is 15.4 Å². The first-order valence-corrected chi connectivity index (χ1v) is 3.30. The van der Waals surface area contributed by atoms with Gasteiger partial charge in [-0.2, -0.15) is 5.10 Å². The van der Waals surface area contributed by atoms with E-state index in [-0.39, 0.29) is 12.4 Å². The number of nitrogens with one attached hydrogen (secondary N) is 1. The van der Waals surface area contributed by atoms with E-state index in [0.29, 0.717) is 0 Å². The van der Waals surface area contributed by atoms with E-state index in [4.69, 9.17) is 0 Å². The predicted octanol–water partition coefficient (Wildman–Crippen LogP) is -2.91. The number of benzene rings is 1. The molecule has 4 nitrogen and oxygen atoms in total. The normalized spacial score (nSPS) is 9.00. The molecule has 0 amide bonds. The fourth-order valence-electron chi connectivity index (χ4n) is 0.879. The van der Waals surface area contributed by atoms with Crippen LogP contribution >= 0.6 is 0 Å². The minimum atomic E-state index is 0. The topological polar surface area (TPSA) is 45.5 Å². The number of hydrogen-bond donors (Lipinski definition) is 1. The van der Waals surface area contributed by atoms with E-state index in [1.807, 2.05) is 30.3 Å². The maximum Gasteiger partial charge on any atom is 0.269 e. The average Bonchev–Trinajstić information content (AvgIpc) is 2.58. The fourth-order valence-corrected chi connectivity index (χ4v) is 0.879. The first-order valence-electron chi connectivity index (χ1n) is 3.30. The van der Waals surface area contributed by atoms with Crippen LogP contribution in [-0.2, 0) is 0 Å². The number of aromatic amines is 1. The summed E-state index contributed by atoms with van der Waals surface area (Å²) >= 11 is 0. The summed E-state index contributed by atoms with van der Waals surface area (Å²) < 4.78 is 0. The molecule has 0 bridgehead atoms. The van der Waals surface area contributed by atoms with Crippen molar-refractivity contribution in [3.63, 3.8) is 0 Å². The molecule has 1 heterocycles. The van der Waals surface area contributed by atoms with Crippen LogP contribution in [0, 0.1) is 0 Å². The molecule has 0 aliphatic rings. The standard InChI is InChI=1S/C7H6N4.ClH/c1-2-4-7(5-3-1)11-9-6-8-10-11;/h1-6H;1H. The summed E-state index contributed by atoms with van der Waals surface area (Å²) in [6, 6.07) is 9.76. The number of halogens is 1. The second-order valence-corrected chi connectivity index (χ2v) is 2.11. The van der Waals surface area contributed by atoms with Gasteiger partial charge in [0.05, 0.1) is 5.10 Å². The lowest BCUT2D eigenvalue weighted by Crippen LogP contribution is -3.00. The van der Waals surface area contributed by atoms with Gasteiger partial charge in [-0.25, -0.2) is 0 Å². The second kappa shape index (κ2) is 3.82. The molecule has 5 heteroatoms. The molecule has 0 unspecified atom stereocenters. The number of tetrazole rings is 1. The minimum Gasteiger partial charge on any atom is -1.00 e. The Balaban J connectivity index is 0.000000720. The molecule has 0 atom stereocenters.